The number of hydrogen-bond donors (Lipinski definition) is 1. The number of phenols is 1. The van der Waals surface area contributed by atoms with Gasteiger partial charge in [-0.2, -0.15) is 0 Å². The Morgan fingerprint density at radius 3 is 2.36 bits per heavy atom. The van der Waals surface area contributed by atoms with Gasteiger partial charge < -0.3 is 19.5 Å². The normalized spacial score (nSPS) is 16.5. The van der Waals surface area contributed by atoms with Gasteiger partial charge in [-0.05, 0) is 36.8 Å². The number of thioether (sulfide) groups is 1. The van der Waals surface area contributed by atoms with E-state index in [1.54, 1.807) is 17.8 Å². The fourth-order valence-corrected chi connectivity index (χ4v) is 5.73. The summed E-state index contributed by atoms with van der Waals surface area (Å²) >= 11 is 1.72. The monoisotopic (exact) mass is 470 g/mol. The summed E-state index contributed by atoms with van der Waals surface area (Å²) in [5, 5.41) is 13.1. The van der Waals surface area contributed by atoms with Crippen LogP contribution >= 0.6 is 11.8 Å². The van der Waals surface area contributed by atoms with Crippen molar-refractivity contribution in [1.82, 2.24) is 14.4 Å². The van der Waals surface area contributed by atoms with Gasteiger partial charge in [0.15, 0.2) is 0 Å². The van der Waals surface area contributed by atoms with E-state index in [4.69, 9.17) is 0 Å². The van der Waals surface area contributed by atoms with Crippen molar-refractivity contribution in [1.29, 1.82) is 0 Å². The first-order valence-corrected chi connectivity index (χ1v) is 12.5. The van der Waals surface area contributed by atoms with E-state index < -0.39 is 0 Å². The van der Waals surface area contributed by atoms with E-state index in [9.17, 15) is 19.5 Å². The van der Waals surface area contributed by atoms with Gasteiger partial charge in [-0.3, -0.25) is 19.3 Å². The van der Waals surface area contributed by atoms with Crippen molar-refractivity contribution in [3.8, 4) is 5.75 Å². The number of piperazine rings is 1. The minimum Gasteiger partial charge on any atom is -0.506 e. The number of fused-ring (bicyclic) bond motifs is 1. The number of aromatic nitrogens is 1. The Balaban J connectivity index is 1.42. The summed E-state index contributed by atoms with van der Waals surface area (Å²) < 4.78 is 2.17. The molecular weight excluding hydrogens is 440 g/mol. The van der Waals surface area contributed by atoms with Gasteiger partial charge in [0.2, 0.25) is 5.91 Å². The van der Waals surface area contributed by atoms with Crippen LogP contribution in [0.4, 0.5) is 5.69 Å². The van der Waals surface area contributed by atoms with Crippen LogP contribution in [-0.2, 0) is 27.9 Å². The van der Waals surface area contributed by atoms with Crippen LogP contribution in [0, 0.1) is 0 Å². The van der Waals surface area contributed by atoms with Crippen LogP contribution in [-0.4, -0.2) is 76.2 Å². The second kappa shape index (κ2) is 9.51. The van der Waals surface area contributed by atoms with Gasteiger partial charge in [-0.25, -0.2) is 0 Å². The fraction of sp³-hybridized carbons (Fsp3) is 0.458. The fourth-order valence-electron chi connectivity index (χ4n) is 4.86. The molecule has 33 heavy (non-hydrogen) atoms. The Kier molecular flexibility index (Phi) is 6.69. The van der Waals surface area contributed by atoms with Crippen molar-refractivity contribution in [3.05, 3.63) is 29.8 Å². The number of aromatic hydroxyl groups is 1. The lowest BCUT2D eigenvalue weighted by Gasteiger charge is -2.37. The molecule has 1 saturated heterocycles. The molecule has 9 heteroatoms. The highest BCUT2D eigenvalue weighted by molar-refractivity contribution is 7.98. The third kappa shape index (κ3) is 4.21. The maximum absolute atomic E-state index is 12.7. The minimum atomic E-state index is -0.313. The van der Waals surface area contributed by atoms with E-state index in [1.807, 2.05) is 18.0 Å². The zero-order valence-electron chi connectivity index (χ0n) is 19.3. The molecule has 0 aliphatic carbocycles. The number of carbonyl (C=O) groups is 3. The number of rotatable bonds is 7. The Morgan fingerprint density at radius 2 is 1.76 bits per heavy atom. The highest BCUT2D eigenvalue weighted by atomic mass is 32.2. The molecule has 0 radical (unpaired) electrons. The summed E-state index contributed by atoms with van der Waals surface area (Å²) in [7, 11) is 2.04. The van der Waals surface area contributed by atoms with E-state index in [0.29, 0.717) is 39.0 Å². The molecule has 1 fully saturated rings. The third-order valence-electron chi connectivity index (χ3n) is 6.52. The molecule has 0 unspecified atom stereocenters. The first-order valence-electron chi connectivity index (χ1n) is 11.3. The lowest BCUT2D eigenvalue weighted by molar-refractivity contribution is -0.138. The quantitative estimate of drug-likeness (QED) is 0.494. The number of phenolic OH excluding ortho intramolecular Hbond substituents is 1. The van der Waals surface area contributed by atoms with Crippen LogP contribution in [0.15, 0.2) is 29.3 Å². The lowest BCUT2D eigenvalue weighted by Crippen LogP contribution is -2.49. The topological polar surface area (TPSA) is 86.1 Å². The number of nitrogens with zero attached hydrogens (tertiary/aromatic N) is 4. The van der Waals surface area contributed by atoms with Gasteiger partial charge in [0.1, 0.15) is 11.4 Å². The van der Waals surface area contributed by atoms with Crippen molar-refractivity contribution >= 4 is 46.1 Å². The van der Waals surface area contributed by atoms with Crippen LogP contribution in [0.2, 0.25) is 0 Å². The van der Waals surface area contributed by atoms with Crippen molar-refractivity contribution in [2.45, 2.75) is 31.2 Å². The molecule has 3 amide bonds. The van der Waals surface area contributed by atoms with Crippen molar-refractivity contribution in [3.63, 3.8) is 0 Å². The average Bonchev–Trinajstić information content (AvgIpc) is 3.29. The molecule has 2 aromatic rings. The van der Waals surface area contributed by atoms with Crippen LogP contribution in [0.1, 0.15) is 25.3 Å². The van der Waals surface area contributed by atoms with E-state index in [0.717, 1.165) is 23.0 Å². The summed E-state index contributed by atoms with van der Waals surface area (Å²) in [6.07, 6.45) is 6.27. The van der Waals surface area contributed by atoms with E-state index >= 15 is 0 Å². The maximum atomic E-state index is 12.7. The molecule has 2 aliphatic rings. The first kappa shape index (κ1) is 23.2. The molecule has 3 heterocycles. The molecule has 4 rings (SSSR count). The highest BCUT2D eigenvalue weighted by Gasteiger charge is 2.27. The Hall–Kier alpha value is -2.94. The van der Waals surface area contributed by atoms with Gasteiger partial charge in [-0.15, -0.1) is 11.8 Å². The Labute approximate surface area is 197 Å². The van der Waals surface area contributed by atoms with E-state index in [1.165, 1.54) is 27.6 Å². The van der Waals surface area contributed by atoms with Crippen LogP contribution in [0.5, 0.6) is 5.75 Å². The highest BCUT2D eigenvalue weighted by Crippen LogP contribution is 2.41. The second-order valence-corrected chi connectivity index (χ2v) is 9.16. The van der Waals surface area contributed by atoms with E-state index in [2.05, 4.69) is 22.6 Å². The average molecular weight is 471 g/mol. The molecular formula is C24H30N4O4S. The van der Waals surface area contributed by atoms with Crippen LogP contribution in [0.25, 0.3) is 10.9 Å². The maximum Gasteiger partial charge on any atom is 0.253 e. The predicted molar refractivity (Wildman–Crippen MR) is 130 cm³/mol. The zero-order valence-corrected chi connectivity index (χ0v) is 20.2. The van der Waals surface area contributed by atoms with Crippen molar-refractivity contribution in [2.75, 3.05) is 43.9 Å². The smallest absolute Gasteiger partial charge is 0.253 e. The predicted octanol–water partition coefficient (Wildman–Crippen LogP) is 2.52. The lowest BCUT2D eigenvalue weighted by atomic mass is 10.1. The number of anilines is 1. The molecule has 0 atom stereocenters. The summed E-state index contributed by atoms with van der Waals surface area (Å²) in [6.45, 7) is 4.81. The van der Waals surface area contributed by atoms with Crippen LogP contribution in [0.3, 0.4) is 0 Å². The molecule has 0 bridgehead atoms. The number of hydrogen-bond acceptors (Lipinski definition) is 6. The minimum absolute atomic E-state index is 0.0286. The largest absolute Gasteiger partial charge is 0.506 e. The van der Waals surface area contributed by atoms with Gasteiger partial charge in [0, 0.05) is 63.7 Å². The second-order valence-electron chi connectivity index (χ2n) is 8.36. The number of benzene rings is 1. The van der Waals surface area contributed by atoms with Gasteiger partial charge >= 0.3 is 0 Å². The van der Waals surface area contributed by atoms with Gasteiger partial charge in [0.25, 0.3) is 11.8 Å². The van der Waals surface area contributed by atoms with E-state index in [-0.39, 0.29) is 30.0 Å². The van der Waals surface area contributed by atoms with Gasteiger partial charge in [0.05, 0.1) is 10.5 Å². The number of imide groups is 1. The molecule has 1 aromatic carbocycles. The molecule has 1 N–H and O–H groups in total. The number of amides is 3. The summed E-state index contributed by atoms with van der Waals surface area (Å²) in [6, 6.07) is 3.77. The third-order valence-corrected chi connectivity index (χ3v) is 7.43. The van der Waals surface area contributed by atoms with Crippen molar-refractivity contribution in [2.24, 2.45) is 7.05 Å². The standard InChI is InChI=1S/C24H30N4O4S/c1-4-16-17-7-8-18(29)23(22(17)25(2)24(16)33-3)27-14-12-26(13-15-27)19(30)6-5-11-28-20(31)9-10-21(28)32/h7-10,29H,4-6,11-15H2,1-3H3. The molecule has 0 spiro atoms. The molecule has 0 saturated carbocycles. The summed E-state index contributed by atoms with van der Waals surface area (Å²) in [5.74, 6) is -0.342. The number of carbonyl (C=O) groups excluding carboxylic acids is 3. The summed E-state index contributed by atoms with van der Waals surface area (Å²) in [5.41, 5.74) is 3.15. The zero-order chi connectivity index (χ0) is 23.7. The van der Waals surface area contributed by atoms with Crippen molar-refractivity contribution < 1.29 is 19.5 Å². The Bertz CT molecular complexity index is 1110. The molecule has 8 nitrogen and oxygen atoms in total. The van der Waals surface area contributed by atoms with Gasteiger partial charge in [-0.1, -0.05) is 6.92 Å². The van der Waals surface area contributed by atoms with Crippen LogP contribution < -0.4 is 4.90 Å². The SMILES string of the molecule is CCc1c(SC)n(C)c2c(N3CCN(C(=O)CCCN4C(=O)C=CC4=O)CC3)c(O)ccc12. The Morgan fingerprint density at radius 1 is 1.09 bits per heavy atom. The number of aryl methyl sites for hydroxylation is 2. The molecule has 2 aliphatic heterocycles. The molecule has 1 aromatic heterocycles. The summed E-state index contributed by atoms with van der Waals surface area (Å²) in [4.78, 5) is 41.1. The first-order chi connectivity index (χ1) is 15.9. The molecule has 176 valence electrons.